The molecule has 1 unspecified atom stereocenters. The Morgan fingerprint density at radius 3 is 2.62 bits per heavy atom. The van der Waals surface area contributed by atoms with E-state index in [2.05, 4.69) is 44.8 Å². The predicted molar refractivity (Wildman–Crippen MR) is 150 cm³/mol. The Kier molecular flexibility index (Phi) is 7.96. The molecule has 1 amide bonds. The van der Waals surface area contributed by atoms with E-state index in [4.69, 9.17) is 14.2 Å². The summed E-state index contributed by atoms with van der Waals surface area (Å²) in [7, 11) is -4.60. The largest absolute Gasteiger partial charge is 0.469 e. The van der Waals surface area contributed by atoms with Crippen LogP contribution >= 0.6 is 7.82 Å². The molecule has 10 heteroatoms. The van der Waals surface area contributed by atoms with Crippen molar-refractivity contribution < 1.29 is 28.1 Å². The number of furan rings is 1. The van der Waals surface area contributed by atoms with Crippen LogP contribution in [0.5, 0.6) is 0 Å². The van der Waals surface area contributed by atoms with Crippen LogP contribution in [0.4, 0.5) is 5.69 Å². The maximum Gasteiger partial charge on any atom is 0.469 e. The van der Waals surface area contributed by atoms with Crippen molar-refractivity contribution in [3.8, 4) is 0 Å². The summed E-state index contributed by atoms with van der Waals surface area (Å²) in [5.41, 5.74) is 5.45. The number of hydrogen-bond donors (Lipinski definition) is 4. The van der Waals surface area contributed by atoms with E-state index in [-0.39, 0.29) is 18.9 Å². The molecule has 1 fully saturated rings. The third kappa shape index (κ3) is 6.62. The molecule has 2 aromatic carbocycles. The summed E-state index contributed by atoms with van der Waals surface area (Å²) >= 11 is 0. The quantitative estimate of drug-likeness (QED) is 0.204. The van der Waals surface area contributed by atoms with Gasteiger partial charge in [0, 0.05) is 47.0 Å². The zero-order chi connectivity index (χ0) is 27.6. The summed E-state index contributed by atoms with van der Waals surface area (Å²) in [6.45, 7) is 5.70. The first kappa shape index (κ1) is 27.2. The number of nitrogens with one attached hydrogen (secondary N) is 2. The summed E-state index contributed by atoms with van der Waals surface area (Å²) in [4.78, 5) is 37.1. The lowest BCUT2D eigenvalue weighted by Gasteiger charge is -2.32. The molecule has 39 heavy (non-hydrogen) atoms. The number of hydrogen-bond acceptors (Lipinski definition) is 5. The molecule has 0 saturated carbocycles. The van der Waals surface area contributed by atoms with E-state index >= 15 is 0 Å². The Morgan fingerprint density at radius 2 is 1.90 bits per heavy atom. The number of carbonyl (C=O) groups excluding carboxylic acids is 1. The van der Waals surface area contributed by atoms with Gasteiger partial charge in [0.05, 0.1) is 13.0 Å². The van der Waals surface area contributed by atoms with Crippen LogP contribution in [0.1, 0.15) is 59.1 Å². The number of aromatic nitrogens is 1. The zero-order valence-corrected chi connectivity index (χ0v) is 23.0. The number of aryl methyl sites for hydroxylation is 2. The fraction of sp³-hybridized carbons (Fsp3) is 0.345. The minimum atomic E-state index is -4.60. The molecule has 0 radical (unpaired) electrons. The van der Waals surface area contributed by atoms with Gasteiger partial charge in [-0.3, -0.25) is 9.32 Å². The minimum Gasteiger partial charge on any atom is -0.464 e. The predicted octanol–water partition coefficient (Wildman–Crippen LogP) is 5.43. The number of H-pyrrole nitrogens is 1. The minimum absolute atomic E-state index is 0.126. The fourth-order valence-electron chi connectivity index (χ4n) is 5.22. The zero-order valence-electron chi connectivity index (χ0n) is 22.1. The molecule has 0 bridgehead atoms. The molecule has 0 aliphatic carbocycles. The number of fused-ring (bicyclic) bond motifs is 1. The van der Waals surface area contributed by atoms with Crippen LogP contribution in [0.15, 0.2) is 59.1 Å². The molecule has 1 atom stereocenters. The summed E-state index contributed by atoms with van der Waals surface area (Å²) in [5, 5.41) is 3.97. The van der Waals surface area contributed by atoms with Gasteiger partial charge in [0.25, 0.3) is 0 Å². The van der Waals surface area contributed by atoms with E-state index in [0.717, 1.165) is 59.4 Å². The van der Waals surface area contributed by atoms with E-state index in [1.807, 2.05) is 37.3 Å². The molecule has 4 aromatic rings. The SMILES string of the molecule is Cc1ccc(C(NC(=O)Cc2ccc3[nH]cc(COP(=O)(O)O)c3c2)c2ccc(C)o2)c(N2CCCCC2)c1. The first-order chi connectivity index (χ1) is 18.7. The standard InChI is InChI=1S/C29H34N3O6P/c1-19-6-9-23(26(14-19)32-12-4-3-5-13-32)29(27-11-7-20(2)38-27)31-28(33)16-21-8-10-25-24(15-21)22(17-30-25)18-37-39(34,35)36/h6-11,14-15,17,29-30H,3-5,12-13,16,18H2,1-2H3,(H,31,33)(H2,34,35,36). The maximum atomic E-state index is 13.4. The van der Waals surface area contributed by atoms with Gasteiger partial charge in [0.2, 0.25) is 5.91 Å². The summed E-state index contributed by atoms with van der Waals surface area (Å²) < 4.78 is 21.9. The number of nitrogens with zero attached hydrogens (tertiary/aromatic N) is 1. The Morgan fingerprint density at radius 1 is 1.10 bits per heavy atom. The first-order valence-corrected chi connectivity index (χ1v) is 14.7. The van der Waals surface area contributed by atoms with Crippen LogP contribution in [-0.4, -0.2) is 33.8 Å². The third-order valence-electron chi connectivity index (χ3n) is 7.13. The number of piperidine rings is 1. The lowest BCUT2D eigenvalue weighted by atomic mass is 9.97. The number of aromatic amines is 1. The number of phosphoric ester groups is 1. The van der Waals surface area contributed by atoms with Gasteiger partial charge in [0.1, 0.15) is 17.6 Å². The Bertz CT molecular complexity index is 1510. The molecule has 2 aromatic heterocycles. The van der Waals surface area contributed by atoms with Crippen molar-refractivity contribution in [1.82, 2.24) is 10.3 Å². The van der Waals surface area contributed by atoms with E-state index in [1.54, 1.807) is 6.20 Å². The Balaban J connectivity index is 1.41. The molecule has 4 N–H and O–H groups in total. The highest BCUT2D eigenvalue weighted by Gasteiger charge is 2.26. The van der Waals surface area contributed by atoms with Gasteiger partial charge in [-0.2, -0.15) is 0 Å². The summed E-state index contributed by atoms with van der Waals surface area (Å²) in [6, 6.07) is 15.3. The average Bonchev–Trinajstić information content (AvgIpc) is 3.52. The average molecular weight is 552 g/mol. The van der Waals surface area contributed by atoms with Crippen LogP contribution in [0, 0.1) is 13.8 Å². The molecular formula is C29H34N3O6P. The number of amides is 1. The second-order valence-corrected chi connectivity index (χ2v) is 11.4. The van der Waals surface area contributed by atoms with Gasteiger partial charge in [-0.15, -0.1) is 0 Å². The lowest BCUT2D eigenvalue weighted by Crippen LogP contribution is -2.34. The maximum absolute atomic E-state index is 13.4. The summed E-state index contributed by atoms with van der Waals surface area (Å²) in [6.07, 6.45) is 5.30. The highest BCUT2D eigenvalue weighted by atomic mass is 31.2. The number of phosphoric acid groups is 1. The van der Waals surface area contributed by atoms with Crippen molar-refractivity contribution in [2.45, 2.75) is 52.2 Å². The van der Waals surface area contributed by atoms with Gasteiger partial charge >= 0.3 is 7.82 Å². The second kappa shape index (κ2) is 11.4. The van der Waals surface area contributed by atoms with Crippen LogP contribution in [-0.2, 0) is 26.9 Å². The molecule has 1 aliphatic heterocycles. The topological polar surface area (TPSA) is 128 Å². The Hall–Kier alpha value is -3.36. The number of carbonyl (C=O) groups is 1. The van der Waals surface area contributed by atoms with Gasteiger partial charge in [-0.05, 0) is 74.6 Å². The molecule has 3 heterocycles. The van der Waals surface area contributed by atoms with Gasteiger partial charge in [0.15, 0.2) is 0 Å². The van der Waals surface area contributed by atoms with E-state index in [9.17, 15) is 9.36 Å². The van der Waals surface area contributed by atoms with Crippen molar-refractivity contribution in [3.63, 3.8) is 0 Å². The highest BCUT2D eigenvalue weighted by molar-refractivity contribution is 7.46. The molecule has 1 saturated heterocycles. The Labute approximate surface area is 227 Å². The summed E-state index contributed by atoms with van der Waals surface area (Å²) in [5.74, 6) is 1.29. The molecule has 0 spiro atoms. The van der Waals surface area contributed by atoms with Crippen LogP contribution < -0.4 is 10.2 Å². The van der Waals surface area contributed by atoms with Crippen molar-refractivity contribution >= 4 is 30.3 Å². The van der Waals surface area contributed by atoms with Crippen molar-refractivity contribution in [3.05, 3.63) is 88.5 Å². The van der Waals surface area contributed by atoms with Crippen molar-refractivity contribution in [2.24, 2.45) is 0 Å². The van der Waals surface area contributed by atoms with Crippen molar-refractivity contribution in [1.29, 1.82) is 0 Å². The van der Waals surface area contributed by atoms with E-state index in [0.29, 0.717) is 11.3 Å². The van der Waals surface area contributed by atoms with Gasteiger partial charge < -0.3 is 29.4 Å². The molecule has 9 nitrogen and oxygen atoms in total. The smallest absolute Gasteiger partial charge is 0.464 e. The number of rotatable bonds is 9. The fourth-order valence-corrected chi connectivity index (χ4v) is 5.53. The molecular weight excluding hydrogens is 517 g/mol. The number of benzene rings is 2. The lowest BCUT2D eigenvalue weighted by molar-refractivity contribution is -0.121. The van der Waals surface area contributed by atoms with Crippen LogP contribution in [0.25, 0.3) is 10.9 Å². The van der Waals surface area contributed by atoms with Crippen LogP contribution in [0.3, 0.4) is 0 Å². The van der Waals surface area contributed by atoms with E-state index in [1.165, 1.54) is 12.0 Å². The molecule has 1 aliphatic rings. The molecule has 5 rings (SSSR count). The third-order valence-corrected chi connectivity index (χ3v) is 7.59. The highest BCUT2D eigenvalue weighted by Crippen LogP contribution is 2.38. The second-order valence-electron chi connectivity index (χ2n) is 10.2. The first-order valence-electron chi connectivity index (χ1n) is 13.2. The van der Waals surface area contributed by atoms with Gasteiger partial charge in [-0.25, -0.2) is 4.57 Å². The molecule has 206 valence electrons. The number of anilines is 1. The van der Waals surface area contributed by atoms with Crippen LogP contribution in [0.2, 0.25) is 0 Å². The normalized spacial score (nSPS) is 15.0. The monoisotopic (exact) mass is 551 g/mol. The van der Waals surface area contributed by atoms with E-state index < -0.39 is 13.9 Å². The van der Waals surface area contributed by atoms with Gasteiger partial charge in [-0.1, -0.05) is 18.2 Å². The van der Waals surface area contributed by atoms with Crippen molar-refractivity contribution in [2.75, 3.05) is 18.0 Å².